The highest BCUT2D eigenvalue weighted by Crippen LogP contribution is 2.24. The maximum absolute atomic E-state index is 4.83. The topological polar surface area (TPSA) is 44.3 Å². The summed E-state index contributed by atoms with van der Waals surface area (Å²) in [6.07, 6.45) is 0. The number of nitrogens with zero attached hydrogens (tertiary/aromatic N) is 4. The van der Waals surface area contributed by atoms with Gasteiger partial charge in [0.05, 0.1) is 5.52 Å². The van der Waals surface area contributed by atoms with Crippen molar-refractivity contribution >= 4 is 16.7 Å². The number of aromatic nitrogens is 2. The van der Waals surface area contributed by atoms with Gasteiger partial charge in [-0.25, -0.2) is 9.97 Å². The summed E-state index contributed by atoms with van der Waals surface area (Å²) in [7, 11) is 0. The number of anilines is 1. The molecule has 0 radical (unpaired) electrons. The fraction of sp³-hybridized carbons (Fsp3) is 0.364. The van der Waals surface area contributed by atoms with Gasteiger partial charge in [0.2, 0.25) is 0 Å². The number of para-hydroxylation sites is 1. The zero-order valence-corrected chi connectivity index (χ0v) is 15.9. The minimum atomic E-state index is 0.772. The first-order valence-corrected chi connectivity index (χ1v) is 9.84. The van der Waals surface area contributed by atoms with Gasteiger partial charge in [-0.2, -0.15) is 0 Å². The number of nitrogens with one attached hydrogen (secondary N) is 1. The number of benzene rings is 2. The fourth-order valence-electron chi connectivity index (χ4n) is 3.59. The van der Waals surface area contributed by atoms with Crippen LogP contribution in [0.2, 0.25) is 0 Å². The molecule has 0 atom stereocenters. The van der Waals surface area contributed by atoms with Crippen LogP contribution in [0.4, 0.5) is 5.82 Å². The molecule has 0 saturated carbocycles. The Balaban J connectivity index is 1.49. The van der Waals surface area contributed by atoms with Crippen molar-refractivity contribution in [3.8, 4) is 11.4 Å². The van der Waals surface area contributed by atoms with E-state index in [1.54, 1.807) is 0 Å². The van der Waals surface area contributed by atoms with Crippen LogP contribution in [0, 0.1) is 0 Å². The van der Waals surface area contributed by atoms with Gasteiger partial charge in [0.1, 0.15) is 5.82 Å². The van der Waals surface area contributed by atoms with Gasteiger partial charge in [-0.05, 0) is 18.7 Å². The van der Waals surface area contributed by atoms with Crippen LogP contribution < -0.4 is 5.32 Å². The third-order valence-electron chi connectivity index (χ3n) is 5.27. The molecule has 0 unspecified atom stereocenters. The molecule has 1 aliphatic rings. The molecular formula is C22H27N5. The smallest absolute Gasteiger partial charge is 0.162 e. The van der Waals surface area contributed by atoms with E-state index in [1.807, 2.05) is 30.3 Å². The molecule has 5 nitrogen and oxygen atoms in total. The van der Waals surface area contributed by atoms with Crippen LogP contribution >= 0.6 is 0 Å². The number of likely N-dealkylation sites (N-methyl/N-ethyl adjacent to an activating group) is 1. The van der Waals surface area contributed by atoms with E-state index in [0.717, 1.165) is 60.8 Å². The first kappa shape index (κ1) is 17.9. The lowest BCUT2D eigenvalue weighted by Gasteiger charge is -2.34. The van der Waals surface area contributed by atoms with Crippen molar-refractivity contribution in [2.24, 2.45) is 0 Å². The summed E-state index contributed by atoms with van der Waals surface area (Å²) in [5.41, 5.74) is 2.02. The Morgan fingerprint density at radius 3 is 2.33 bits per heavy atom. The van der Waals surface area contributed by atoms with Crippen LogP contribution in [0.3, 0.4) is 0 Å². The second kappa shape index (κ2) is 8.46. The second-order valence-electron chi connectivity index (χ2n) is 6.98. The van der Waals surface area contributed by atoms with E-state index in [1.165, 1.54) is 13.1 Å². The Hall–Kier alpha value is -2.50. The number of rotatable bonds is 6. The Labute approximate surface area is 161 Å². The molecule has 0 spiro atoms. The lowest BCUT2D eigenvalue weighted by molar-refractivity contribution is 0.141. The van der Waals surface area contributed by atoms with Crippen LogP contribution in [0.15, 0.2) is 54.6 Å². The molecule has 1 aliphatic heterocycles. The van der Waals surface area contributed by atoms with Gasteiger partial charge in [-0.15, -0.1) is 0 Å². The molecule has 2 aromatic carbocycles. The fourth-order valence-corrected chi connectivity index (χ4v) is 3.59. The zero-order chi connectivity index (χ0) is 18.5. The van der Waals surface area contributed by atoms with Gasteiger partial charge in [0.15, 0.2) is 5.82 Å². The molecule has 0 bridgehead atoms. The van der Waals surface area contributed by atoms with Crippen molar-refractivity contribution in [1.82, 2.24) is 19.8 Å². The van der Waals surface area contributed by atoms with E-state index >= 15 is 0 Å². The molecule has 1 fully saturated rings. The van der Waals surface area contributed by atoms with E-state index in [2.05, 4.69) is 46.3 Å². The lowest BCUT2D eigenvalue weighted by atomic mass is 10.2. The predicted octanol–water partition coefficient (Wildman–Crippen LogP) is 3.35. The van der Waals surface area contributed by atoms with E-state index in [0.29, 0.717) is 0 Å². The second-order valence-corrected chi connectivity index (χ2v) is 6.98. The van der Waals surface area contributed by atoms with Crippen molar-refractivity contribution in [2.75, 3.05) is 51.1 Å². The van der Waals surface area contributed by atoms with Crippen LogP contribution in [0.25, 0.3) is 22.3 Å². The maximum atomic E-state index is 4.83. The van der Waals surface area contributed by atoms with Gasteiger partial charge < -0.3 is 10.2 Å². The van der Waals surface area contributed by atoms with Gasteiger partial charge >= 0.3 is 0 Å². The monoisotopic (exact) mass is 361 g/mol. The molecule has 27 heavy (non-hydrogen) atoms. The number of piperazine rings is 1. The summed E-state index contributed by atoms with van der Waals surface area (Å²) in [5, 5.41) is 4.64. The Kier molecular flexibility index (Phi) is 5.61. The quantitative estimate of drug-likeness (QED) is 0.729. The molecule has 1 N–H and O–H groups in total. The van der Waals surface area contributed by atoms with Gasteiger partial charge in [0.25, 0.3) is 0 Å². The standard InChI is InChI=1S/C22H27N5/c1-2-26-14-16-27(17-15-26)13-12-23-22-19-10-6-7-11-20(19)24-21(25-22)18-8-4-3-5-9-18/h3-11H,2,12-17H2,1H3,(H,23,24,25). The minimum absolute atomic E-state index is 0.772. The summed E-state index contributed by atoms with van der Waals surface area (Å²) in [6, 6.07) is 18.4. The number of fused-ring (bicyclic) bond motifs is 1. The summed E-state index contributed by atoms with van der Waals surface area (Å²) < 4.78 is 0. The average Bonchev–Trinajstić information content (AvgIpc) is 2.74. The normalized spacial score (nSPS) is 15.9. The van der Waals surface area contributed by atoms with Crippen LogP contribution in [0.1, 0.15) is 6.92 Å². The van der Waals surface area contributed by atoms with Crippen LogP contribution in [-0.2, 0) is 0 Å². The summed E-state index contributed by atoms with van der Waals surface area (Å²) in [6.45, 7) is 9.96. The van der Waals surface area contributed by atoms with Gasteiger partial charge in [0, 0.05) is 50.2 Å². The van der Waals surface area contributed by atoms with Crippen molar-refractivity contribution < 1.29 is 0 Å². The summed E-state index contributed by atoms with van der Waals surface area (Å²) in [5.74, 6) is 1.69. The molecular weight excluding hydrogens is 334 g/mol. The molecule has 1 saturated heterocycles. The summed E-state index contributed by atoms with van der Waals surface area (Å²) in [4.78, 5) is 14.6. The molecule has 2 heterocycles. The minimum Gasteiger partial charge on any atom is -0.368 e. The predicted molar refractivity (Wildman–Crippen MR) is 112 cm³/mol. The Bertz CT molecular complexity index is 872. The molecule has 5 heteroatoms. The molecule has 3 aromatic rings. The van der Waals surface area contributed by atoms with Crippen molar-refractivity contribution in [3.63, 3.8) is 0 Å². The molecule has 4 rings (SSSR count). The third kappa shape index (κ3) is 4.26. The molecule has 0 amide bonds. The first-order chi connectivity index (χ1) is 13.3. The third-order valence-corrected chi connectivity index (χ3v) is 5.27. The first-order valence-electron chi connectivity index (χ1n) is 9.84. The molecule has 140 valence electrons. The highest BCUT2D eigenvalue weighted by Gasteiger charge is 2.15. The van der Waals surface area contributed by atoms with Crippen molar-refractivity contribution in [2.45, 2.75) is 6.92 Å². The van der Waals surface area contributed by atoms with Crippen molar-refractivity contribution in [1.29, 1.82) is 0 Å². The largest absolute Gasteiger partial charge is 0.368 e. The highest BCUT2D eigenvalue weighted by molar-refractivity contribution is 5.90. The Morgan fingerprint density at radius 1 is 0.852 bits per heavy atom. The van der Waals surface area contributed by atoms with Crippen LogP contribution in [0.5, 0.6) is 0 Å². The highest BCUT2D eigenvalue weighted by atomic mass is 15.3. The van der Waals surface area contributed by atoms with Crippen molar-refractivity contribution in [3.05, 3.63) is 54.6 Å². The average molecular weight is 361 g/mol. The zero-order valence-electron chi connectivity index (χ0n) is 15.9. The van der Waals surface area contributed by atoms with E-state index in [-0.39, 0.29) is 0 Å². The van der Waals surface area contributed by atoms with Crippen LogP contribution in [-0.4, -0.2) is 65.6 Å². The molecule has 1 aromatic heterocycles. The van der Waals surface area contributed by atoms with E-state index < -0.39 is 0 Å². The number of hydrogen-bond donors (Lipinski definition) is 1. The van der Waals surface area contributed by atoms with E-state index in [9.17, 15) is 0 Å². The summed E-state index contributed by atoms with van der Waals surface area (Å²) >= 11 is 0. The van der Waals surface area contributed by atoms with E-state index in [4.69, 9.17) is 9.97 Å². The number of hydrogen-bond acceptors (Lipinski definition) is 5. The maximum Gasteiger partial charge on any atom is 0.162 e. The lowest BCUT2D eigenvalue weighted by Crippen LogP contribution is -2.47. The van der Waals surface area contributed by atoms with Gasteiger partial charge in [-0.3, -0.25) is 4.90 Å². The van der Waals surface area contributed by atoms with Gasteiger partial charge in [-0.1, -0.05) is 49.4 Å². The Morgan fingerprint density at radius 2 is 1.56 bits per heavy atom. The SMILES string of the molecule is CCN1CCN(CCNc2nc(-c3ccccc3)nc3ccccc23)CC1. The molecule has 0 aliphatic carbocycles.